The topological polar surface area (TPSA) is 80.6 Å². The van der Waals surface area contributed by atoms with Crippen LogP contribution in [-0.4, -0.2) is 24.8 Å². The summed E-state index contributed by atoms with van der Waals surface area (Å²) in [5, 5.41) is -0.873. The number of fused-ring (bicyclic) bond motifs is 1. The quantitative estimate of drug-likeness (QED) is 0.298. The maximum Gasteiger partial charge on any atom is 0.377 e. The second kappa shape index (κ2) is 9.45. The van der Waals surface area contributed by atoms with E-state index in [1.165, 1.54) is 6.92 Å². The number of benzene rings is 2. The Kier molecular flexibility index (Phi) is 6.95. The molecule has 0 aliphatic heterocycles. The van der Waals surface area contributed by atoms with Crippen LogP contribution in [0.1, 0.15) is 39.5 Å². The van der Waals surface area contributed by atoms with E-state index < -0.39 is 15.4 Å². The van der Waals surface area contributed by atoms with Crippen molar-refractivity contribution < 1.29 is 26.7 Å². The highest BCUT2D eigenvalue weighted by molar-refractivity contribution is 7.86. The van der Waals surface area contributed by atoms with Crippen molar-refractivity contribution in [1.29, 1.82) is 0 Å². The molecule has 3 rings (SSSR count). The van der Waals surface area contributed by atoms with E-state index in [0.29, 0.717) is 31.0 Å². The molecule has 1 atom stereocenters. The highest BCUT2D eigenvalue weighted by Crippen LogP contribution is 2.25. The maximum absolute atomic E-state index is 11.5. The van der Waals surface area contributed by atoms with E-state index in [1.807, 2.05) is 73.0 Å². The Morgan fingerprint density at radius 2 is 1.90 bits per heavy atom. The highest BCUT2D eigenvalue weighted by atomic mass is 32.2. The molecule has 6 nitrogen and oxygen atoms in total. The van der Waals surface area contributed by atoms with Gasteiger partial charge in [0.15, 0.2) is 6.54 Å². The third kappa shape index (κ3) is 5.09. The Morgan fingerprint density at radius 1 is 1.17 bits per heavy atom. The lowest BCUT2D eigenvalue weighted by Gasteiger charge is -2.06. The van der Waals surface area contributed by atoms with Crippen LogP contribution in [0.4, 0.5) is 0 Å². The number of hydrogen-bond acceptors (Lipinski definition) is 4. The first kappa shape index (κ1) is 22.1. The molecule has 7 heteroatoms. The van der Waals surface area contributed by atoms with Crippen molar-refractivity contribution in [2.24, 2.45) is 0 Å². The normalized spacial score (nSPS) is 13.5. The number of aryl methyl sites for hydroxylation is 1. The van der Waals surface area contributed by atoms with Crippen LogP contribution in [0, 0.1) is 0 Å². The first-order valence-corrected chi connectivity index (χ1v) is 11.6. The standard InChI is InChI=1S/C23H27NO5S/c1-4-20(28-5-2)16-23-24(14-13-17(3)30(25,26)27)21-15-19(11-12-22(21)29-23)18-9-7-6-8-10-18/h6-12,15-17H,4-5,13-14H2,1-3H3/p+1. The van der Waals surface area contributed by atoms with E-state index in [9.17, 15) is 13.0 Å². The van der Waals surface area contributed by atoms with Gasteiger partial charge in [0.1, 0.15) is 5.76 Å². The SMILES string of the molecule is CCOC(=Cc1oc2ccc(-c3ccccc3)cc2[n+]1CCC(C)S(=O)(=O)O)CC. The molecule has 0 amide bonds. The van der Waals surface area contributed by atoms with Crippen LogP contribution >= 0.6 is 0 Å². The van der Waals surface area contributed by atoms with Crippen LogP contribution in [0.25, 0.3) is 28.3 Å². The van der Waals surface area contributed by atoms with Crippen LogP contribution in [0.5, 0.6) is 0 Å². The van der Waals surface area contributed by atoms with Gasteiger partial charge in [0.25, 0.3) is 15.6 Å². The zero-order valence-corrected chi connectivity index (χ0v) is 18.4. The van der Waals surface area contributed by atoms with Crippen molar-refractivity contribution in [3.63, 3.8) is 0 Å². The number of rotatable bonds is 9. The third-order valence-electron chi connectivity index (χ3n) is 5.07. The lowest BCUT2D eigenvalue weighted by molar-refractivity contribution is -0.678. The average molecular weight is 431 g/mol. The molecule has 1 aromatic heterocycles. The zero-order valence-electron chi connectivity index (χ0n) is 17.5. The molecular weight excluding hydrogens is 402 g/mol. The van der Waals surface area contributed by atoms with E-state index in [0.717, 1.165) is 22.4 Å². The Morgan fingerprint density at radius 3 is 2.53 bits per heavy atom. The largest absolute Gasteiger partial charge is 0.498 e. The Hall–Kier alpha value is -2.64. The summed E-state index contributed by atoms with van der Waals surface area (Å²) in [6.07, 6.45) is 2.82. The molecule has 0 aliphatic carbocycles. The third-order valence-corrected chi connectivity index (χ3v) is 6.32. The summed E-state index contributed by atoms with van der Waals surface area (Å²) < 4.78 is 46.0. The van der Waals surface area contributed by atoms with Gasteiger partial charge >= 0.3 is 5.89 Å². The van der Waals surface area contributed by atoms with Crippen LogP contribution in [0.3, 0.4) is 0 Å². The molecule has 2 aromatic carbocycles. The molecule has 0 saturated carbocycles. The molecule has 0 fully saturated rings. The van der Waals surface area contributed by atoms with Gasteiger partial charge in [-0.1, -0.05) is 43.3 Å². The van der Waals surface area contributed by atoms with E-state index in [1.54, 1.807) is 0 Å². The number of oxazole rings is 1. The number of nitrogens with zero attached hydrogens (tertiary/aromatic N) is 1. The summed E-state index contributed by atoms with van der Waals surface area (Å²) in [6, 6.07) is 16.0. The fraction of sp³-hybridized carbons (Fsp3) is 0.348. The van der Waals surface area contributed by atoms with Gasteiger partial charge in [-0.15, -0.1) is 0 Å². The van der Waals surface area contributed by atoms with Crippen LogP contribution in [0.2, 0.25) is 0 Å². The summed E-state index contributed by atoms with van der Waals surface area (Å²) in [7, 11) is -4.09. The predicted molar refractivity (Wildman–Crippen MR) is 117 cm³/mol. The Bertz CT molecular complexity index is 1130. The van der Waals surface area contributed by atoms with Crippen molar-refractivity contribution in [3.8, 4) is 11.1 Å². The van der Waals surface area contributed by atoms with E-state index >= 15 is 0 Å². The molecule has 30 heavy (non-hydrogen) atoms. The lowest BCUT2D eigenvalue weighted by atomic mass is 10.1. The van der Waals surface area contributed by atoms with Gasteiger partial charge in [0.05, 0.1) is 17.9 Å². The molecule has 0 aliphatic rings. The number of allylic oxidation sites excluding steroid dienone is 1. The molecule has 0 spiro atoms. The van der Waals surface area contributed by atoms with Gasteiger partial charge in [-0.2, -0.15) is 13.0 Å². The highest BCUT2D eigenvalue weighted by Gasteiger charge is 2.26. The molecule has 1 N–H and O–H groups in total. The summed E-state index contributed by atoms with van der Waals surface area (Å²) in [6.45, 7) is 6.36. The van der Waals surface area contributed by atoms with Crippen LogP contribution in [-0.2, 0) is 21.4 Å². The molecule has 3 aromatic rings. The maximum atomic E-state index is 11.5. The summed E-state index contributed by atoms with van der Waals surface area (Å²) in [5.41, 5.74) is 3.68. The summed E-state index contributed by atoms with van der Waals surface area (Å²) >= 11 is 0. The second-order valence-corrected chi connectivity index (χ2v) is 8.99. The van der Waals surface area contributed by atoms with Gasteiger partial charge in [-0.05, 0) is 31.0 Å². The number of aromatic nitrogens is 1. The van der Waals surface area contributed by atoms with E-state index in [4.69, 9.17) is 9.15 Å². The molecule has 160 valence electrons. The molecule has 1 unspecified atom stereocenters. The fourth-order valence-electron chi connectivity index (χ4n) is 3.28. The summed E-state index contributed by atoms with van der Waals surface area (Å²) in [5.74, 6) is 1.37. The van der Waals surface area contributed by atoms with Gasteiger partial charge in [-0.25, -0.2) is 0 Å². The number of hydrogen-bond donors (Lipinski definition) is 1. The van der Waals surface area contributed by atoms with Crippen LogP contribution < -0.4 is 4.57 Å². The van der Waals surface area contributed by atoms with Crippen molar-refractivity contribution in [3.05, 3.63) is 60.2 Å². The Balaban J connectivity index is 2.09. The first-order valence-electron chi connectivity index (χ1n) is 10.1. The minimum atomic E-state index is -4.09. The second-order valence-electron chi connectivity index (χ2n) is 7.15. The minimum Gasteiger partial charge on any atom is -0.498 e. The summed E-state index contributed by atoms with van der Waals surface area (Å²) in [4.78, 5) is 0. The minimum absolute atomic E-state index is 0.255. The van der Waals surface area contributed by atoms with Gasteiger partial charge in [-0.3, -0.25) is 4.55 Å². The Labute approximate surface area is 177 Å². The zero-order chi connectivity index (χ0) is 21.7. The van der Waals surface area contributed by atoms with E-state index in [-0.39, 0.29) is 6.42 Å². The van der Waals surface area contributed by atoms with Crippen molar-refractivity contribution in [2.75, 3.05) is 6.61 Å². The van der Waals surface area contributed by atoms with Crippen molar-refractivity contribution in [2.45, 2.75) is 45.4 Å². The van der Waals surface area contributed by atoms with Gasteiger partial charge in [0, 0.05) is 18.9 Å². The lowest BCUT2D eigenvalue weighted by Crippen LogP contribution is -2.37. The molecule has 1 heterocycles. The predicted octanol–water partition coefficient (Wildman–Crippen LogP) is 4.84. The van der Waals surface area contributed by atoms with Crippen LogP contribution in [0.15, 0.2) is 58.7 Å². The van der Waals surface area contributed by atoms with Crippen molar-refractivity contribution in [1.82, 2.24) is 0 Å². The average Bonchev–Trinajstić information content (AvgIpc) is 3.07. The molecule has 0 radical (unpaired) electrons. The monoisotopic (exact) mass is 430 g/mol. The number of ether oxygens (including phenoxy) is 1. The van der Waals surface area contributed by atoms with Crippen molar-refractivity contribution >= 4 is 27.3 Å². The van der Waals surface area contributed by atoms with Gasteiger partial charge in [0.2, 0.25) is 5.58 Å². The smallest absolute Gasteiger partial charge is 0.377 e. The first-order chi connectivity index (χ1) is 14.3. The van der Waals surface area contributed by atoms with Gasteiger partial charge < -0.3 is 9.15 Å². The fourth-order valence-corrected chi connectivity index (χ4v) is 3.68. The van der Waals surface area contributed by atoms with E-state index in [2.05, 4.69) is 0 Å². The molecule has 0 saturated heterocycles. The molecular formula is C23H28NO5S+. The molecule has 0 bridgehead atoms.